The Morgan fingerprint density at radius 1 is 1.40 bits per heavy atom. The lowest BCUT2D eigenvalue weighted by molar-refractivity contribution is -0.384. The standard InChI is InChI=1S/C14H22N2O4/c1-3-4-7-15(8-9-17)13-6-5-12(11(2)18)10-14(13)16(19)20/h5-6,10-11,17-18H,3-4,7-9H2,1-2H3/t11-/m0/s1. The first-order chi connectivity index (χ1) is 9.51. The molecule has 6 heteroatoms. The number of rotatable bonds is 8. The zero-order chi connectivity index (χ0) is 15.1. The molecule has 6 nitrogen and oxygen atoms in total. The highest BCUT2D eigenvalue weighted by Crippen LogP contribution is 2.31. The Kier molecular flexibility index (Phi) is 6.41. The van der Waals surface area contributed by atoms with Crippen molar-refractivity contribution in [1.82, 2.24) is 0 Å². The van der Waals surface area contributed by atoms with Crippen LogP contribution < -0.4 is 4.90 Å². The van der Waals surface area contributed by atoms with Gasteiger partial charge in [-0.25, -0.2) is 0 Å². The van der Waals surface area contributed by atoms with Gasteiger partial charge in [-0.1, -0.05) is 19.4 Å². The molecule has 0 unspecified atom stereocenters. The van der Waals surface area contributed by atoms with Crippen LogP contribution in [-0.2, 0) is 0 Å². The molecule has 2 N–H and O–H groups in total. The molecule has 0 heterocycles. The van der Waals surface area contributed by atoms with E-state index in [1.807, 2.05) is 11.8 Å². The van der Waals surface area contributed by atoms with Crippen LogP contribution in [-0.4, -0.2) is 34.8 Å². The summed E-state index contributed by atoms with van der Waals surface area (Å²) in [5.74, 6) is 0. The molecular weight excluding hydrogens is 260 g/mol. The van der Waals surface area contributed by atoms with E-state index in [-0.39, 0.29) is 12.3 Å². The van der Waals surface area contributed by atoms with Gasteiger partial charge in [0.25, 0.3) is 5.69 Å². The fourth-order valence-electron chi connectivity index (χ4n) is 2.04. The number of aliphatic hydroxyl groups excluding tert-OH is 2. The second-order valence-electron chi connectivity index (χ2n) is 4.75. The van der Waals surface area contributed by atoms with E-state index in [2.05, 4.69) is 0 Å². The van der Waals surface area contributed by atoms with Crippen molar-refractivity contribution in [3.05, 3.63) is 33.9 Å². The first-order valence-corrected chi connectivity index (χ1v) is 6.83. The molecule has 1 atom stereocenters. The third-order valence-electron chi connectivity index (χ3n) is 3.17. The van der Waals surface area contributed by atoms with Crippen LogP contribution in [0.25, 0.3) is 0 Å². The summed E-state index contributed by atoms with van der Waals surface area (Å²) in [6, 6.07) is 4.73. The van der Waals surface area contributed by atoms with E-state index in [1.54, 1.807) is 19.1 Å². The van der Waals surface area contributed by atoms with Gasteiger partial charge >= 0.3 is 0 Å². The molecule has 0 bridgehead atoms. The highest BCUT2D eigenvalue weighted by atomic mass is 16.6. The molecule has 0 aliphatic heterocycles. The van der Waals surface area contributed by atoms with Crippen LogP contribution in [0.3, 0.4) is 0 Å². The van der Waals surface area contributed by atoms with Gasteiger partial charge in [0.2, 0.25) is 0 Å². The lowest BCUT2D eigenvalue weighted by Gasteiger charge is -2.24. The van der Waals surface area contributed by atoms with Crippen molar-refractivity contribution < 1.29 is 15.1 Å². The molecule has 1 rings (SSSR count). The van der Waals surface area contributed by atoms with Crippen molar-refractivity contribution in [3.8, 4) is 0 Å². The van der Waals surface area contributed by atoms with E-state index in [0.717, 1.165) is 12.8 Å². The van der Waals surface area contributed by atoms with Crippen molar-refractivity contribution in [2.75, 3.05) is 24.6 Å². The van der Waals surface area contributed by atoms with E-state index in [0.29, 0.717) is 24.3 Å². The molecule has 0 fully saturated rings. The molecule has 0 aliphatic carbocycles. The van der Waals surface area contributed by atoms with E-state index in [9.17, 15) is 15.2 Å². The fraction of sp³-hybridized carbons (Fsp3) is 0.571. The summed E-state index contributed by atoms with van der Waals surface area (Å²) in [5, 5.41) is 29.9. The Labute approximate surface area is 118 Å². The molecule has 0 amide bonds. The SMILES string of the molecule is CCCCN(CCO)c1ccc([C@H](C)O)cc1[N+](=O)[O-]. The highest BCUT2D eigenvalue weighted by molar-refractivity contribution is 5.64. The first-order valence-electron chi connectivity index (χ1n) is 6.83. The monoisotopic (exact) mass is 282 g/mol. The maximum absolute atomic E-state index is 11.2. The highest BCUT2D eigenvalue weighted by Gasteiger charge is 2.20. The number of unbranched alkanes of at least 4 members (excludes halogenated alkanes) is 1. The summed E-state index contributed by atoms with van der Waals surface area (Å²) >= 11 is 0. The molecule has 112 valence electrons. The van der Waals surface area contributed by atoms with Crippen molar-refractivity contribution in [2.45, 2.75) is 32.8 Å². The molecule has 0 radical (unpaired) electrons. The lowest BCUT2D eigenvalue weighted by Crippen LogP contribution is -2.28. The normalized spacial score (nSPS) is 12.2. The number of nitrogens with zero attached hydrogens (tertiary/aromatic N) is 2. The van der Waals surface area contributed by atoms with Crippen molar-refractivity contribution in [3.63, 3.8) is 0 Å². The summed E-state index contributed by atoms with van der Waals surface area (Å²) in [6.07, 6.45) is 1.13. The average molecular weight is 282 g/mol. The maximum Gasteiger partial charge on any atom is 0.292 e. The number of nitro groups is 1. The predicted octanol–water partition coefficient (Wildman–Crippen LogP) is 2.25. The topological polar surface area (TPSA) is 86.8 Å². The molecular formula is C14H22N2O4. The fourth-order valence-corrected chi connectivity index (χ4v) is 2.04. The van der Waals surface area contributed by atoms with E-state index in [4.69, 9.17) is 5.11 Å². The van der Waals surface area contributed by atoms with Gasteiger partial charge in [0, 0.05) is 19.2 Å². The van der Waals surface area contributed by atoms with Crippen LogP contribution in [0.5, 0.6) is 0 Å². The molecule has 20 heavy (non-hydrogen) atoms. The van der Waals surface area contributed by atoms with Crippen LogP contribution in [0.1, 0.15) is 38.4 Å². The summed E-state index contributed by atoms with van der Waals surface area (Å²) in [4.78, 5) is 12.6. The molecule has 0 spiro atoms. The van der Waals surface area contributed by atoms with Gasteiger partial charge in [0.05, 0.1) is 17.6 Å². The maximum atomic E-state index is 11.2. The number of benzene rings is 1. The number of nitro benzene ring substituents is 1. The van der Waals surface area contributed by atoms with Gasteiger partial charge in [0.15, 0.2) is 0 Å². The third kappa shape index (κ3) is 4.18. The van der Waals surface area contributed by atoms with Gasteiger partial charge in [0.1, 0.15) is 5.69 Å². The summed E-state index contributed by atoms with van der Waals surface area (Å²) in [6.45, 7) is 4.57. The van der Waals surface area contributed by atoms with Gasteiger partial charge in [-0.2, -0.15) is 0 Å². The Hall–Kier alpha value is -1.66. The summed E-state index contributed by atoms with van der Waals surface area (Å²) < 4.78 is 0. The molecule has 0 saturated carbocycles. The lowest BCUT2D eigenvalue weighted by atomic mass is 10.1. The predicted molar refractivity (Wildman–Crippen MR) is 77.9 cm³/mol. The van der Waals surface area contributed by atoms with Crippen LogP contribution >= 0.6 is 0 Å². The summed E-state index contributed by atoms with van der Waals surface area (Å²) in [5.41, 5.74) is 0.967. The van der Waals surface area contributed by atoms with Gasteiger partial charge in [-0.05, 0) is 25.0 Å². The quantitative estimate of drug-likeness (QED) is 0.564. The second-order valence-corrected chi connectivity index (χ2v) is 4.75. The average Bonchev–Trinajstić information content (AvgIpc) is 2.42. The molecule has 1 aromatic rings. The molecule has 0 aliphatic rings. The van der Waals surface area contributed by atoms with Gasteiger partial charge in [-0.15, -0.1) is 0 Å². The Balaban J connectivity index is 3.15. The zero-order valence-corrected chi connectivity index (χ0v) is 12.0. The number of anilines is 1. The number of aliphatic hydroxyl groups is 2. The van der Waals surface area contributed by atoms with E-state index < -0.39 is 11.0 Å². The van der Waals surface area contributed by atoms with E-state index in [1.165, 1.54) is 6.07 Å². The zero-order valence-electron chi connectivity index (χ0n) is 12.0. The van der Waals surface area contributed by atoms with Crippen LogP contribution in [0.15, 0.2) is 18.2 Å². The van der Waals surface area contributed by atoms with Crippen molar-refractivity contribution in [2.24, 2.45) is 0 Å². The van der Waals surface area contributed by atoms with Gasteiger partial charge in [-0.3, -0.25) is 10.1 Å². The Morgan fingerprint density at radius 2 is 2.10 bits per heavy atom. The molecule has 0 saturated heterocycles. The van der Waals surface area contributed by atoms with E-state index >= 15 is 0 Å². The van der Waals surface area contributed by atoms with Crippen LogP contribution in [0.2, 0.25) is 0 Å². The Morgan fingerprint density at radius 3 is 2.60 bits per heavy atom. The number of hydrogen-bond donors (Lipinski definition) is 2. The van der Waals surface area contributed by atoms with Crippen molar-refractivity contribution >= 4 is 11.4 Å². The molecule has 1 aromatic carbocycles. The largest absolute Gasteiger partial charge is 0.395 e. The third-order valence-corrected chi connectivity index (χ3v) is 3.17. The van der Waals surface area contributed by atoms with Gasteiger partial charge < -0.3 is 15.1 Å². The minimum atomic E-state index is -0.746. The Bertz CT molecular complexity index is 449. The minimum Gasteiger partial charge on any atom is -0.395 e. The first kappa shape index (κ1) is 16.4. The molecule has 0 aromatic heterocycles. The number of hydrogen-bond acceptors (Lipinski definition) is 5. The van der Waals surface area contributed by atoms with Crippen molar-refractivity contribution in [1.29, 1.82) is 0 Å². The minimum absolute atomic E-state index is 0.0343. The second kappa shape index (κ2) is 7.81. The van der Waals surface area contributed by atoms with Crippen LogP contribution in [0, 0.1) is 10.1 Å². The van der Waals surface area contributed by atoms with Crippen LogP contribution in [0.4, 0.5) is 11.4 Å². The summed E-state index contributed by atoms with van der Waals surface area (Å²) in [7, 11) is 0. The smallest absolute Gasteiger partial charge is 0.292 e.